The van der Waals surface area contributed by atoms with Gasteiger partial charge in [-0.1, -0.05) is 0 Å². The summed E-state index contributed by atoms with van der Waals surface area (Å²) in [7, 11) is 0. The Bertz CT molecular complexity index is 511. The molecule has 0 aliphatic rings. The van der Waals surface area contributed by atoms with Gasteiger partial charge in [0.05, 0.1) is 5.69 Å². The van der Waals surface area contributed by atoms with Gasteiger partial charge in [0.25, 0.3) is 0 Å². The van der Waals surface area contributed by atoms with Crippen LogP contribution >= 0.6 is 0 Å². The minimum Gasteiger partial charge on any atom is -0.352 e. The van der Waals surface area contributed by atoms with Gasteiger partial charge >= 0.3 is 0 Å². The first kappa shape index (κ1) is 8.69. The third-order valence-corrected chi connectivity index (χ3v) is 2.16. The number of hydrogen-bond donors (Lipinski definition) is 1. The molecule has 0 amide bonds. The van der Waals surface area contributed by atoms with Gasteiger partial charge in [0, 0.05) is 23.4 Å². The minimum absolute atomic E-state index is 0.00569. The van der Waals surface area contributed by atoms with Crippen molar-refractivity contribution in [1.82, 2.24) is 4.98 Å². The van der Waals surface area contributed by atoms with Crippen molar-refractivity contribution in [2.45, 2.75) is 6.92 Å². The standard InChI is InChI=1S/C11H9NO2/c1-7(14)11-5-9-4-8(6-13)2-3-10(9)12-11/h2-6,12H,1H3. The van der Waals surface area contributed by atoms with Gasteiger partial charge in [-0.25, -0.2) is 0 Å². The van der Waals surface area contributed by atoms with Gasteiger partial charge in [0.2, 0.25) is 0 Å². The highest BCUT2D eigenvalue weighted by Gasteiger charge is 2.04. The van der Waals surface area contributed by atoms with E-state index in [4.69, 9.17) is 0 Å². The first-order chi connectivity index (χ1) is 6.70. The first-order valence-corrected chi connectivity index (χ1v) is 4.29. The summed E-state index contributed by atoms with van der Waals surface area (Å²) in [5.74, 6) is -0.00569. The van der Waals surface area contributed by atoms with Crippen molar-refractivity contribution < 1.29 is 9.59 Å². The summed E-state index contributed by atoms with van der Waals surface area (Å²) in [5, 5.41) is 0.889. The van der Waals surface area contributed by atoms with E-state index in [2.05, 4.69) is 4.98 Å². The number of aromatic amines is 1. The predicted molar refractivity (Wildman–Crippen MR) is 53.7 cm³/mol. The van der Waals surface area contributed by atoms with E-state index in [1.807, 2.05) is 0 Å². The molecule has 0 saturated carbocycles. The highest BCUT2D eigenvalue weighted by molar-refractivity contribution is 5.98. The van der Waals surface area contributed by atoms with E-state index in [0.29, 0.717) is 11.3 Å². The highest BCUT2D eigenvalue weighted by Crippen LogP contribution is 2.16. The van der Waals surface area contributed by atoms with Gasteiger partial charge in [-0.2, -0.15) is 0 Å². The lowest BCUT2D eigenvalue weighted by Crippen LogP contribution is -1.89. The maximum absolute atomic E-state index is 11.1. The van der Waals surface area contributed by atoms with E-state index < -0.39 is 0 Å². The molecule has 2 aromatic rings. The van der Waals surface area contributed by atoms with Crippen LogP contribution in [0.15, 0.2) is 24.3 Å². The predicted octanol–water partition coefficient (Wildman–Crippen LogP) is 2.18. The Morgan fingerprint density at radius 1 is 1.36 bits per heavy atom. The van der Waals surface area contributed by atoms with Crippen LogP contribution in [-0.2, 0) is 0 Å². The van der Waals surface area contributed by atoms with Crippen LogP contribution in [0.3, 0.4) is 0 Å². The number of fused-ring (bicyclic) bond motifs is 1. The molecule has 14 heavy (non-hydrogen) atoms. The second kappa shape index (κ2) is 3.10. The maximum Gasteiger partial charge on any atom is 0.175 e. The molecule has 0 unspecified atom stereocenters. The Labute approximate surface area is 80.7 Å². The minimum atomic E-state index is -0.00569. The molecule has 3 heteroatoms. The molecule has 1 aromatic carbocycles. The summed E-state index contributed by atoms with van der Waals surface area (Å²) in [4.78, 5) is 24.6. The van der Waals surface area contributed by atoms with Crippen LogP contribution in [0, 0.1) is 0 Å². The quantitative estimate of drug-likeness (QED) is 0.578. The Morgan fingerprint density at radius 3 is 2.79 bits per heavy atom. The fourth-order valence-electron chi connectivity index (χ4n) is 1.41. The van der Waals surface area contributed by atoms with E-state index in [-0.39, 0.29) is 5.78 Å². The number of nitrogens with one attached hydrogen (secondary N) is 1. The average molecular weight is 187 g/mol. The Hall–Kier alpha value is -1.90. The van der Waals surface area contributed by atoms with Gasteiger partial charge in [-0.05, 0) is 24.3 Å². The maximum atomic E-state index is 11.1. The van der Waals surface area contributed by atoms with Gasteiger partial charge in [0.15, 0.2) is 5.78 Å². The number of hydrogen-bond acceptors (Lipinski definition) is 2. The SMILES string of the molecule is CC(=O)c1cc2cc(C=O)ccc2[nH]1. The van der Waals surface area contributed by atoms with Gasteiger partial charge in [-0.3, -0.25) is 9.59 Å². The molecule has 3 nitrogen and oxygen atoms in total. The van der Waals surface area contributed by atoms with Crippen LogP contribution < -0.4 is 0 Å². The summed E-state index contributed by atoms with van der Waals surface area (Å²) < 4.78 is 0. The molecule has 0 atom stereocenters. The Morgan fingerprint density at radius 2 is 2.14 bits per heavy atom. The van der Waals surface area contributed by atoms with Crippen molar-refractivity contribution >= 4 is 23.0 Å². The lowest BCUT2D eigenvalue weighted by atomic mass is 10.2. The molecule has 0 bridgehead atoms. The normalized spacial score (nSPS) is 10.4. The van der Waals surface area contributed by atoms with Crippen LogP contribution in [0.2, 0.25) is 0 Å². The molecule has 0 fully saturated rings. The number of carbonyl (C=O) groups is 2. The summed E-state index contributed by atoms with van der Waals surface area (Å²) in [5.41, 5.74) is 2.07. The van der Waals surface area contributed by atoms with Crippen molar-refractivity contribution in [3.05, 3.63) is 35.5 Å². The monoisotopic (exact) mass is 187 g/mol. The lowest BCUT2D eigenvalue weighted by Gasteiger charge is -1.89. The summed E-state index contributed by atoms with van der Waals surface area (Å²) in [6.45, 7) is 1.51. The number of H-pyrrole nitrogens is 1. The molecule has 0 spiro atoms. The first-order valence-electron chi connectivity index (χ1n) is 4.29. The third-order valence-electron chi connectivity index (χ3n) is 2.16. The molecule has 0 aliphatic carbocycles. The number of rotatable bonds is 2. The van der Waals surface area contributed by atoms with Crippen molar-refractivity contribution in [2.24, 2.45) is 0 Å². The van der Waals surface area contributed by atoms with Crippen LogP contribution in [0.5, 0.6) is 0 Å². The smallest absolute Gasteiger partial charge is 0.175 e. The zero-order valence-corrected chi connectivity index (χ0v) is 7.70. The highest BCUT2D eigenvalue weighted by atomic mass is 16.1. The number of aldehydes is 1. The van der Waals surface area contributed by atoms with E-state index in [0.717, 1.165) is 17.2 Å². The third kappa shape index (κ3) is 1.33. The molecule has 70 valence electrons. The van der Waals surface area contributed by atoms with Crippen LogP contribution in [0.1, 0.15) is 27.8 Å². The molecule has 0 aliphatic heterocycles. The molecule has 1 aromatic heterocycles. The van der Waals surface area contributed by atoms with Gasteiger partial charge in [0.1, 0.15) is 6.29 Å². The van der Waals surface area contributed by atoms with Crippen molar-refractivity contribution in [3.8, 4) is 0 Å². The molecular weight excluding hydrogens is 178 g/mol. The average Bonchev–Trinajstić information content (AvgIpc) is 2.59. The summed E-state index contributed by atoms with van der Waals surface area (Å²) in [6, 6.07) is 7.02. The summed E-state index contributed by atoms with van der Waals surface area (Å²) >= 11 is 0. The van der Waals surface area contributed by atoms with Crippen molar-refractivity contribution in [3.63, 3.8) is 0 Å². The Kier molecular flexibility index (Phi) is 1.93. The van der Waals surface area contributed by atoms with E-state index in [1.165, 1.54) is 6.92 Å². The second-order valence-electron chi connectivity index (χ2n) is 3.20. The second-order valence-corrected chi connectivity index (χ2v) is 3.20. The molecule has 2 rings (SSSR count). The molecule has 0 radical (unpaired) electrons. The zero-order valence-electron chi connectivity index (χ0n) is 7.70. The van der Waals surface area contributed by atoms with E-state index in [1.54, 1.807) is 24.3 Å². The van der Waals surface area contributed by atoms with Crippen LogP contribution in [-0.4, -0.2) is 17.1 Å². The molecular formula is C11H9NO2. The number of carbonyl (C=O) groups excluding carboxylic acids is 2. The van der Waals surface area contributed by atoms with E-state index in [9.17, 15) is 9.59 Å². The fourth-order valence-corrected chi connectivity index (χ4v) is 1.41. The molecule has 1 heterocycles. The fraction of sp³-hybridized carbons (Fsp3) is 0.0909. The zero-order chi connectivity index (χ0) is 10.1. The largest absolute Gasteiger partial charge is 0.352 e. The van der Waals surface area contributed by atoms with Crippen LogP contribution in [0.25, 0.3) is 10.9 Å². The number of ketones is 1. The number of Topliss-reactive ketones (excluding diaryl/α,β-unsaturated/α-hetero) is 1. The Balaban J connectivity index is 2.65. The van der Waals surface area contributed by atoms with Crippen LogP contribution in [0.4, 0.5) is 0 Å². The van der Waals surface area contributed by atoms with Gasteiger partial charge < -0.3 is 4.98 Å². The van der Waals surface area contributed by atoms with Gasteiger partial charge in [-0.15, -0.1) is 0 Å². The van der Waals surface area contributed by atoms with Crippen molar-refractivity contribution in [2.75, 3.05) is 0 Å². The molecule has 0 saturated heterocycles. The van der Waals surface area contributed by atoms with E-state index >= 15 is 0 Å². The summed E-state index contributed by atoms with van der Waals surface area (Å²) in [6.07, 6.45) is 0.792. The number of aromatic nitrogens is 1. The lowest BCUT2D eigenvalue weighted by molar-refractivity contribution is 0.101. The topological polar surface area (TPSA) is 49.9 Å². The molecule has 1 N–H and O–H groups in total. The number of benzene rings is 1. The van der Waals surface area contributed by atoms with Crippen molar-refractivity contribution in [1.29, 1.82) is 0 Å².